The first-order valence-electron chi connectivity index (χ1n) is 4.88. The number of benzene rings is 1. The molecule has 1 aromatic carbocycles. The van der Waals surface area contributed by atoms with E-state index in [2.05, 4.69) is 4.90 Å². The van der Waals surface area contributed by atoms with E-state index in [-0.39, 0.29) is 11.9 Å². The van der Waals surface area contributed by atoms with E-state index >= 15 is 0 Å². The van der Waals surface area contributed by atoms with Gasteiger partial charge in [0, 0.05) is 31.2 Å². The van der Waals surface area contributed by atoms with Gasteiger partial charge in [0.05, 0.1) is 0 Å². The number of nitrogens with zero attached hydrogens (tertiary/aromatic N) is 1. The average Bonchev–Trinajstić information content (AvgIpc) is 2.09. The molecule has 1 heterocycles. The number of halogens is 1. The van der Waals surface area contributed by atoms with Crippen molar-refractivity contribution < 1.29 is 4.39 Å². The summed E-state index contributed by atoms with van der Waals surface area (Å²) in [6, 6.07) is 5.51. The van der Waals surface area contributed by atoms with E-state index < -0.39 is 0 Å². The van der Waals surface area contributed by atoms with Crippen LogP contribution in [0.15, 0.2) is 18.2 Å². The second-order valence-electron chi connectivity index (χ2n) is 4.05. The SMILES string of the molecule is Cc1ccc(F)c(CN2CC(N)C2)c1. The van der Waals surface area contributed by atoms with Gasteiger partial charge in [0.15, 0.2) is 0 Å². The standard InChI is InChI=1S/C11H15FN2/c1-8-2-3-11(12)9(4-8)5-14-6-10(13)7-14/h2-4,10H,5-7,13H2,1H3. The Morgan fingerprint density at radius 3 is 2.86 bits per heavy atom. The minimum atomic E-state index is -0.115. The van der Waals surface area contributed by atoms with E-state index in [0.29, 0.717) is 6.54 Å². The van der Waals surface area contributed by atoms with Crippen LogP contribution in [-0.4, -0.2) is 24.0 Å². The summed E-state index contributed by atoms with van der Waals surface area (Å²) in [5, 5.41) is 0. The van der Waals surface area contributed by atoms with E-state index in [0.717, 1.165) is 24.2 Å². The zero-order valence-electron chi connectivity index (χ0n) is 8.33. The second-order valence-corrected chi connectivity index (χ2v) is 4.05. The third-order valence-electron chi connectivity index (χ3n) is 2.58. The molecule has 1 saturated heterocycles. The summed E-state index contributed by atoms with van der Waals surface area (Å²) in [5.41, 5.74) is 7.53. The Balaban J connectivity index is 2.05. The Morgan fingerprint density at radius 1 is 1.50 bits per heavy atom. The first kappa shape index (κ1) is 9.62. The van der Waals surface area contributed by atoms with Crippen molar-refractivity contribution in [3.8, 4) is 0 Å². The minimum Gasteiger partial charge on any atom is -0.325 e. The van der Waals surface area contributed by atoms with Crippen LogP contribution in [0.25, 0.3) is 0 Å². The summed E-state index contributed by atoms with van der Waals surface area (Å²) in [6.07, 6.45) is 0. The van der Waals surface area contributed by atoms with Gasteiger partial charge in [-0.2, -0.15) is 0 Å². The molecule has 2 nitrogen and oxygen atoms in total. The topological polar surface area (TPSA) is 29.3 Å². The monoisotopic (exact) mass is 194 g/mol. The lowest BCUT2D eigenvalue weighted by Gasteiger charge is -2.36. The smallest absolute Gasteiger partial charge is 0.127 e. The summed E-state index contributed by atoms with van der Waals surface area (Å²) in [6.45, 7) is 4.42. The molecule has 2 rings (SSSR count). The van der Waals surface area contributed by atoms with Crippen LogP contribution in [0, 0.1) is 12.7 Å². The number of rotatable bonds is 2. The highest BCUT2D eigenvalue weighted by molar-refractivity contribution is 5.24. The zero-order chi connectivity index (χ0) is 10.1. The molecule has 0 spiro atoms. The van der Waals surface area contributed by atoms with Gasteiger partial charge in [0.2, 0.25) is 0 Å². The molecule has 0 aromatic heterocycles. The maximum atomic E-state index is 13.3. The third-order valence-corrected chi connectivity index (χ3v) is 2.58. The van der Waals surface area contributed by atoms with Crippen molar-refractivity contribution in [1.29, 1.82) is 0 Å². The van der Waals surface area contributed by atoms with Gasteiger partial charge >= 0.3 is 0 Å². The Hall–Kier alpha value is -0.930. The van der Waals surface area contributed by atoms with E-state index in [4.69, 9.17) is 5.73 Å². The van der Waals surface area contributed by atoms with Gasteiger partial charge in [0.1, 0.15) is 5.82 Å². The molecule has 0 saturated carbocycles. The predicted octanol–water partition coefficient (Wildman–Crippen LogP) is 1.28. The summed E-state index contributed by atoms with van der Waals surface area (Å²) in [7, 11) is 0. The Kier molecular flexibility index (Phi) is 2.52. The lowest BCUT2D eigenvalue weighted by atomic mass is 10.1. The van der Waals surface area contributed by atoms with E-state index in [1.54, 1.807) is 6.07 Å². The van der Waals surface area contributed by atoms with Crippen LogP contribution >= 0.6 is 0 Å². The van der Waals surface area contributed by atoms with Gasteiger partial charge in [-0.25, -0.2) is 4.39 Å². The minimum absolute atomic E-state index is 0.115. The normalized spacial score (nSPS) is 18.2. The fourth-order valence-electron chi connectivity index (χ4n) is 1.80. The number of aryl methyl sites for hydroxylation is 1. The highest BCUT2D eigenvalue weighted by Crippen LogP contribution is 2.16. The second kappa shape index (κ2) is 3.67. The molecular weight excluding hydrogens is 179 g/mol. The van der Waals surface area contributed by atoms with Gasteiger partial charge in [0.25, 0.3) is 0 Å². The molecular formula is C11H15FN2. The van der Waals surface area contributed by atoms with Crippen molar-refractivity contribution in [1.82, 2.24) is 4.90 Å². The van der Waals surface area contributed by atoms with Crippen molar-refractivity contribution in [2.75, 3.05) is 13.1 Å². The summed E-state index contributed by atoms with van der Waals surface area (Å²) >= 11 is 0. The quantitative estimate of drug-likeness (QED) is 0.768. The molecule has 3 heteroatoms. The summed E-state index contributed by atoms with van der Waals surface area (Å²) < 4.78 is 13.3. The molecule has 0 amide bonds. The molecule has 1 aromatic rings. The van der Waals surface area contributed by atoms with E-state index in [9.17, 15) is 4.39 Å². The van der Waals surface area contributed by atoms with Gasteiger partial charge in [-0.05, 0) is 13.0 Å². The number of hydrogen-bond acceptors (Lipinski definition) is 2. The van der Waals surface area contributed by atoms with Crippen molar-refractivity contribution in [2.24, 2.45) is 5.73 Å². The van der Waals surface area contributed by atoms with Crippen LogP contribution in [0.2, 0.25) is 0 Å². The zero-order valence-corrected chi connectivity index (χ0v) is 8.33. The summed E-state index contributed by atoms with van der Waals surface area (Å²) in [5.74, 6) is -0.115. The molecule has 76 valence electrons. The number of nitrogens with two attached hydrogens (primary N) is 1. The van der Waals surface area contributed by atoms with Crippen molar-refractivity contribution >= 4 is 0 Å². The molecule has 0 atom stereocenters. The van der Waals surface area contributed by atoms with Crippen molar-refractivity contribution in [3.63, 3.8) is 0 Å². The number of hydrogen-bond donors (Lipinski definition) is 1. The maximum Gasteiger partial charge on any atom is 0.127 e. The van der Waals surface area contributed by atoms with Gasteiger partial charge in [-0.15, -0.1) is 0 Å². The number of likely N-dealkylation sites (tertiary alicyclic amines) is 1. The molecule has 1 aliphatic rings. The van der Waals surface area contributed by atoms with E-state index in [1.807, 2.05) is 13.0 Å². The van der Waals surface area contributed by atoms with E-state index in [1.165, 1.54) is 6.07 Å². The fraction of sp³-hybridized carbons (Fsp3) is 0.455. The molecule has 14 heavy (non-hydrogen) atoms. The van der Waals surface area contributed by atoms with Crippen molar-refractivity contribution in [3.05, 3.63) is 35.1 Å². The van der Waals surface area contributed by atoms with Crippen LogP contribution in [0.1, 0.15) is 11.1 Å². The largest absolute Gasteiger partial charge is 0.325 e. The molecule has 0 radical (unpaired) electrons. The fourth-order valence-corrected chi connectivity index (χ4v) is 1.80. The summed E-state index contributed by atoms with van der Waals surface area (Å²) in [4.78, 5) is 2.16. The Morgan fingerprint density at radius 2 is 2.21 bits per heavy atom. The highest BCUT2D eigenvalue weighted by atomic mass is 19.1. The molecule has 0 unspecified atom stereocenters. The molecule has 0 bridgehead atoms. The predicted molar refractivity (Wildman–Crippen MR) is 54.4 cm³/mol. The molecule has 2 N–H and O–H groups in total. The van der Waals surface area contributed by atoms with Gasteiger partial charge in [-0.3, -0.25) is 4.90 Å². The Bertz CT molecular complexity index is 332. The van der Waals surface area contributed by atoms with Crippen LogP contribution in [-0.2, 0) is 6.54 Å². The molecule has 1 fully saturated rings. The van der Waals surface area contributed by atoms with Crippen LogP contribution in [0.4, 0.5) is 4.39 Å². The first-order chi connectivity index (χ1) is 6.65. The molecule has 1 aliphatic heterocycles. The lowest BCUT2D eigenvalue weighted by molar-refractivity contribution is 0.140. The average molecular weight is 194 g/mol. The maximum absolute atomic E-state index is 13.3. The van der Waals surface area contributed by atoms with Crippen LogP contribution in [0.5, 0.6) is 0 Å². The Labute approximate surface area is 83.5 Å². The van der Waals surface area contributed by atoms with Crippen molar-refractivity contribution in [2.45, 2.75) is 19.5 Å². The first-order valence-corrected chi connectivity index (χ1v) is 4.88. The third kappa shape index (κ3) is 1.94. The van der Waals surface area contributed by atoms with Crippen LogP contribution in [0.3, 0.4) is 0 Å². The highest BCUT2D eigenvalue weighted by Gasteiger charge is 2.23. The lowest BCUT2D eigenvalue weighted by Crippen LogP contribution is -2.54. The van der Waals surface area contributed by atoms with Gasteiger partial charge in [-0.1, -0.05) is 17.7 Å². The molecule has 0 aliphatic carbocycles. The van der Waals surface area contributed by atoms with Gasteiger partial charge < -0.3 is 5.73 Å². The van der Waals surface area contributed by atoms with Crippen LogP contribution < -0.4 is 5.73 Å².